The van der Waals surface area contributed by atoms with Crippen molar-refractivity contribution in [2.75, 3.05) is 6.61 Å². The largest absolute Gasteiger partial charge is 0.508 e. The minimum absolute atomic E-state index is 0.00398. The second-order valence-corrected chi connectivity index (χ2v) is 10.9. The molecule has 0 radical (unpaired) electrons. The second-order valence-electron chi connectivity index (χ2n) is 10.9. The lowest BCUT2D eigenvalue weighted by Gasteiger charge is -2.31. The number of hydrogen-bond donors (Lipinski definition) is 2. The minimum atomic E-state index is -1.37. The number of carboxylic acids is 1. The highest BCUT2D eigenvalue weighted by atomic mass is 16.7. The number of esters is 2. The Morgan fingerprint density at radius 1 is 0.854 bits per heavy atom. The molecular formula is C31H49NO9. The Bertz CT molecular complexity index is 978. The molecule has 3 unspecified atom stereocenters. The normalized spacial score (nSPS) is 14.0. The molecule has 1 aromatic carbocycles. The third kappa shape index (κ3) is 13.4. The number of ether oxygens (including phenoxy) is 4. The quantitative estimate of drug-likeness (QED) is 0.107. The predicted molar refractivity (Wildman–Crippen MR) is 155 cm³/mol. The van der Waals surface area contributed by atoms with Crippen LogP contribution >= 0.6 is 0 Å². The number of benzene rings is 1. The van der Waals surface area contributed by atoms with Crippen LogP contribution in [0.4, 0.5) is 4.79 Å². The maximum atomic E-state index is 12.6. The van der Waals surface area contributed by atoms with Crippen LogP contribution in [0.3, 0.4) is 0 Å². The van der Waals surface area contributed by atoms with E-state index >= 15 is 0 Å². The number of unbranched alkanes of at least 4 members (excludes halogenated alkanes) is 4. The van der Waals surface area contributed by atoms with E-state index in [1.807, 2.05) is 27.7 Å². The van der Waals surface area contributed by atoms with Gasteiger partial charge in [0.05, 0.1) is 6.61 Å². The number of rotatable bonds is 19. The monoisotopic (exact) mass is 579 g/mol. The Kier molecular flexibility index (Phi) is 16.7. The van der Waals surface area contributed by atoms with E-state index in [1.165, 1.54) is 12.1 Å². The molecule has 1 aromatic rings. The van der Waals surface area contributed by atoms with E-state index in [2.05, 4.69) is 0 Å². The molecule has 0 fully saturated rings. The Hall–Kier alpha value is -3.14. The topological polar surface area (TPSA) is 151 Å². The lowest BCUT2D eigenvalue weighted by Crippen LogP contribution is -2.42. The van der Waals surface area contributed by atoms with E-state index < -0.39 is 48.0 Å². The first-order valence-electron chi connectivity index (χ1n) is 14.8. The van der Waals surface area contributed by atoms with Crippen LogP contribution in [-0.2, 0) is 23.9 Å². The zero-order valence-corrected chi connectivity index (χ0v) is 25.5. The summed E-state index contributed by atoms with van der Waals surface area (Å²) in [5.41, 5.74) is 6.56. The van der Waals surface area contributed by atoms with Crippen LogP contribution in [0.15, 0.2) is 18.2 Å². The van der Waals surface area contributed by atoms with Crippen LogP contribution < -0.4 is 15.2 Å². The summed E-state index contributed by atoms with van der Waals surface area (Å²) in [6, 6.07) is 3.16. The Labute approximate surface area is 244 Å². The molecule has 0 amide bonds. The van der Waals surface area contributed by atoms with Crippen molar-refractivity contribution in [3.63, 3.8) is 0 Å². The molecule has 10 nitrogen and oxygen atoms in total. The maximum Gasteiger partial charge on any atom is 0.508 e. The van der Waals surface area contributed by atoms with Crippen LogP contribution in [0, 0.1) is 11.8 Å². The van der Waals surface area contributed by atoms with Crippen LogP contribution in [0.5, 0.6) is 11.5 Å². The molecule has 4 atom stereocenters. The van der Waals surface area contributed by atoms with E-state index in [0.29, 0.717) is 30.7 Å². The molecule has 10 heteroatoms. The number of carbonyl (C=O) groups excluding carboxylic acids is 3. The van der Waals surface area contributed by atoms with Crippen molar-refractivity contribution in [3.05, 3.63) is 23.8 Å². The summed E-state index contributed by atoms with van der Waals surface area (Å²) >= 11 is 0. The molecule has 0 aliphatic rings. The van der Waals surface area contributed by atoms with Crippen molar-refractivity contribution in [2.24, 2.45) is 17.6 Å². The zero-order valence-electron chi connectivity index (χ0n) is 25.5. The molecule has 0 saturated heterocycles. The molecule has 0 aliphatic carbocycles. The summed E-state index contributed by atoms with van der Waals surface area (Å²) in [7, 11) is 0. The smallest absolute Gasteiger partial charge is 0.480 e. The van der Waals surface area contributed by atoms with Gasteiger partial charge in [0.15, 0.2) is 11.5 Å². The van der Waals surface area contributed by atoms with Gasteiger partial charge in [-0.15, -0.1) is 0 Å². The van der Waals surface area contributed by atoms with Gasteiger partial charge in [-0.2, -0.15) is 0 Å². The van der Waals surface area contributed by atoms with Gasteiger partial charge in [-0.1, -0.05) is 66.4 Å². The average molecular weight is 580 g/mol. The molecule has 41 heavy (non-hydrogen) atoms. The highest BCUT2D eigenvalue weighted by Crippen LogP contribution is 2.37. The number of hydrogen-bond acceptors (Lipinski definition) is 9. The average Bonchev–Trinajstić information content (AvgIpc) is 2.90. The van der Waals surface area contributed by atoms with Gasteiger partial charge in [-0.25, -0.2) is 4.79 Å². The Balaban J connectivity index is 3.29. The van der Waals surface area contributed by atoms with Gasteiger partial charge >= 0.3 is 24.1 Å². The number of carboxylic acid groups (broad SMARTS) is 1. The van der Waals surface area contributed by atoms with Gasteiger partial charge in [0.25, 0.3) is 0 Å². The highest BCUT2D eigenvalue weighted by molar-refractivity contribution is 5.77. The van der Waals surface area contributed by atoms with E-state index in [-0.39, 0.29) is 30.9 Å². The molecule has 0 saturated carbocycles. The fraction of sp³-hybridized carbons (Fsp3) is 0.677. The third-order valence-electron chi connectivity index (χ3n) is 6.95. The molecule has 3 N–H and O–H groups in total. The third-order valence-corrected chi connectivity index (χ3v) is 6.95. The van der Waals surface area contributed by atoms with Crippen molar-refractivity contribution in [1.29, 1.82) is 0 Å². The molecular weight excluding hydrogens is 530 g/mol. The van der Waals surface area contributed by atoms with Gasteiger partial charge in [0.1, 0.15) is 12.1 Å². The molecule has 0 spiro atoms. The number of carbonyl (C=O) groups is 4. The van der Waals surface area contributed by atoms with Gasteiger partial charge < -0.3 is 29.8 Å². The summed E-state index contributed by atoms with van der Waals surface area (Å²) in [5, 5.41) is 9.79. The summed E-state index contributed by atoms with van der Waals surface area (Å²) in [5.74, 6) is -3.21. The standard InChI is InChI=1S/C31H49NO9/c1-7-9-11-13-26(33)40-24-16-15-23(19-25(24)41-27(34)14-12-10-8-2)28(29(32)30(35)36)21(5)22(6)39-31(37)38-18-17-20(3)4/h15-16,19-22,28-29H,7-14,17-18,32H2,1-6H3,(H,35,36)/t21?,22?,28?,29-/m0/s1. The van der Waals surface area contributed by atoms with Crippen molar-refractivity contribution >= 4 is 24.1 Å². The second kappa shape index (κ2) is 19.1. The van der Waals surface area contributed by atoms with Gasteiger partial charge in [-0.05, 0) is 49.8 Å². The summed E-state index contributed by atoms with van der Waals surface area (Å²) < 4.78 is 21.7. The van der Waals surface area contributed by atoms with E-state index in [4.69, 9.17) is 24.7 Å². The van der Waals surface area contributed by atoms with Gasteiger partial charge in [-0.3, -0.25) is 14.4 Å². The van der Waals surface area contributed by atoms with E-state index in [1.54, 1.807) is 19.9 Å². The first-order valence-corrected chi connectivity index (χ1v) is 14.8. The van der Waals surface area contributed by atoms with E-state index in [9.17, 15) is 24.3 Å². The lowest BCUT2D eigenvalue weighted by molar-refractivity contribution is -0.140. The number of nitrogens with two attached hydrogens (primary N) is 1. The zero-order chi connectivity index (χ0) is 30.9. The number of aliphatic carboxylic acids is 1. The fourth-order valence-corrected chi connectivity index (χ4v) is 4.24. The highest BCUT2D eigenvalue weighted by Gasteiger charge is 2.36. The molecule has 0 aliphatic heterocycles. The first-order chi connectivity index (χ1) is 19.4. The molecule has 232 valence electrons. The van der Waals surface area contributed by atoms with Crippen molar-refractivity contribution < 1.29 is 43.2 Å². The van der Waals surface area contributed by atoms with Gasteiger partial charge in [0, 0.05) is 24.7 Å². The van der Waals surface area contributed by atoms with Crippen LogP contribution in [0.2, 0.25) is 0 Å². The van der Waals surface area contributed by atoms with Crippen LogP contribution in [-0.4, -0.2) is 47.9 Å². The van der Waals surface area contributed by atoms with Crippen molar-refractivity contribution in [3.8, 4) is 11.5 Å². The SMILES string of the molecule is CCCCCC(=O)Oc1ccc(C(C(C)C(C)OC(=O)OCCC(C)C)[C@H](N)C(=O)O)cc1OC(=O)CCCCC. The lowest BCUT2D eigenvalue weighted by atomic mass is 9.79. The molecule has 0 bridgehead atoms. The Morgan fingerprint density at radius 2 is 1.41 bits per heavy atom. The Morgan fingerprint density at radius 3 is 1.93 bits per heavy atom. The maximum absolute atomic E-state index is 12.6. The molecule has 0 aromatic heterocycles. The predicted octanol–water partition coefficient (Wildman–Crippen LogP) is 6.38. The summed E-state index contributed by atoms with van der Waals surface area (Å²) in [4.78, 5) is 49.3. The van der Waals surface area contributed by atoms with Crippen molar-refractivity contribution in [2.45, 2.75) is 117 Å². The minimum Gasteiger partial charge on any atom is -0.480 e. The van der Waals surface area contributed by atoms with Crippen LogP contribution in [0.25, 0.3) is 0 Å². The molecule has 1 rings (SSSR count). The fourth-order valence-electron chi connectivity index (χ4n) is 4.24. The van der Waals surface area contributed by atoms with E-state index in [0.717, 1.165) is 25.7 Å². The van der Waals surface area contributed by atoms with Gasteiger partial charge in [0.2, 0.25) is 0 Å². The summed E-state index contributed by atoms with van der Waals surface area (Å²) in [6.45, 7) is 11.6. The first kappa shape index (κ1) is 35.9. The van der Waals surface area contributed by atoms with Crippen molar-refractivity contribution in [1.82, 2.24) is 0 Å². The summed E-state index contributed by atoms with van der Waals surface area (Å²) in [6.07, 6.45) is 4.41. The van der Waals surface area contributed by atoms with Crippen LogP contribution in [0.1, 0.15) is 111 Å². The molecule has 0 heterocycles.